The van der Waals surface area contributed by atoms with Crippen LogP contribution in [0.15, 0.2) is 24.3 Å². The molecule has 3 unspecified atom stereocenters. The molecule has 0 rings (SSSR count). The fourth-order valence-electron chi connectivity index (χ4n) is 7.72. The summed E-state index contributed by atoms with van der Waals surface area (Å²) in [5, 5.41) is 33.7. The van der Waals surface area contributed by atoms with E-state index in [-0.39, 0.29) is 12.5 Å². The van der Waals surface area contributed by atoms with Crippen LogP contribution in [0.3, 0.4) is 0 Å². The van der Waals surface area contributed by atoms with Gasteiger partial charge in [0.05, 0.1) is 18.8 Å². The highest BCUT2D eigenvalue weighted by Crippen LogP contribution is 2.17. The summed E-state index contributed by atoms with van der Waals surface area (Å²) in [6.45, 7) is 4.20. The van der Waals surface area contributed by atoms with Gasteiger partial charge in [0, 0.05) is 6.42 Å². The molecule has 326 valence electrons. The van der Waals surface area contributed by atoms with Gasteiger partial charge in [-0.25, -0.2) is 0 Å². The normalized spacial score (nSPS) is 13.6. The number of carbonyl (C=O) groups is 1. The molecule has 0 radical (unpaired) electrons. The van der Waals surface area contributed by atoms with E-state index in [9.17, 15) is 20.1 Å². The minimum atomic E-state index is -1.14. The maximum Gasteiger partial charge on any atom is 0.220 e. The van der Waals surface area contributed by atoms with Gasteiger partial charge < -0.3 is 20.6 Å². The van der Waals surface area contributed by atoms with Gasteiger partial charge in [0.25, 0.3) is 0 Å². The minimum Gasteiger partial charge on any atom is -0.394 e. The molecule has 1 amide bonds. The zero-order chi connectivity index (χ0) is 40.1. The average molecular weight is 776 g/mol. The van der Waals surface area contributed by atoms with Crippen LogP contribution < -0.4 is 5.32 Å². The summed E-state index contributed by atoms with van der Waals surface area (Å²) in [4.78, 5) is 12.5. The molecule has 5 heteroatoms. The predicted molar refractivity (Wildman–Crippen MR) is 241 cm³/mol. The molecule has 0 saturated heterocycles. The number of hydrogen-bond acceptors (Lipinski definition) is 4. The van der Waals surface area contributed by atoms with Crippen LogP contribution in [0.1, 0.15) is 264 Å². The van der Waals surface area contributed by atoms with Gasteiger partial charge in [-0.1, -0.05) is 237 Å². The molecular formula is C50H97NO4. The Morgan fingerprint density at radius 1 is 0.455 bits per heavy atom. The SMILES string of the molecule is CCCCCCCCCCC/C=C\C/C=C\CCCCCCCCCC(=O)NC(CO)C(O)C(O)CCCCCCCCCCCCCCCCCCCC. The summed E-state index contributed by atoms with van der Waals surface area (Å²) in [6, 6.07) is -0.812. The molecule has 0 aromatic heterocycles. The van der Waals surface area contributed by atoms with Crippen LogP contribution in [0.25, 0.3) is 0 Å². The van der Waals surface area contributed by atoms with E-state index in [1.807, 2.05) is 0 Å². The molecule has 0 aliphatic carbocycles. The lowest BCUT2D eigenvalue weighted by Crippen LogP contribution is -2.50. The number of allylic oxidation sites excluding steroid dienone is 4. The Morgan fingerprint density at radius 3 is 1.15 bits per heavy atom. The Balaban J connectivity index is 3.60. The Hall–Kier alpha value is -1.17. The quantitative estimate of drug-likeness (QED) is 0.0366. The number of rotatable bonds is 45. The second kappa shape index (κ2) is 45.5. The first-order valence-electron chi connectivity index (χ1n) is 24.6. The molecular weight excluding hydrogens is 679 g/mol. The van der Waals surface area contributed by atoms with Crippen molar-refractivity contribution in [3.05, 3.63) is 24.3 Å². The fraction of sp³-hybridized carbons (Fsp3) is 0.900. The molecule has 0 spiro atoms. The number of unbranched alkanes of at least 4 members (excludes halogenated alkanes) is 33. The van der Waals surface area contributed by atoms with E-state index in [1.54, 1.807) is 0 Å². The summed E-state index contributed by atoms with van der Waals surface area (Å²) in [6.07, 6.45) is 55.8. The molecule has 3 atom stereocenters. The molecule has 55 heavy (non-hydrogen) atoms. The van der Waals surface area contributed by atoms with Crippen LogP contribution >= 0.6 is 0 Å². The topological polar surface area (TPSA) is 89.8 Å². The largest absolute Gasteiger partial charge is 0.394 e. The lowest BCUT2D eigenvalue weighted by Gasteiger charge is -2.26. The molecule has 0 aliphatic rings. The van der Waals surface area contributed by atoms with Gasteiger partial charge in [0.1, 0.15) is 6.10 Å². The smallest absolute Gasteiger partial charge is 0.220 e. The second-order valence-corrected chi connectivity index (χ2v) is 17.0. The van der Waals surface area contributed by atoms with Crippen molar-refractivity contribution in [3.8, 4) is 0 Å². The van der Waals surface area contributed by atoms with Gasteiger partial charge >= 0.3 is 0 Å². The number of carbonyl (C=O) groups excluding carboxylic acids is 1. The highest BCUT2D eigenvalue weighted by atomic mass is 16.3. The summed E-state index contributed by atoms with van der Waals surface area (Å²) in [5.41, 5.74) is 0. The summed E-state index contributed by atoms with van der Waals surface area (Å²) in [7, 11) is 0. The zero-order valence-electron chi connectivity index (χ0n) is 37.1. The number of hydrogen-bond donors (Lipinski definition) is 4. The monoisotopic (exact) mass is 776 g/mol. The first kappa shape index (κ1) is 53.8. The number of aliphatic hydroxyl groups excluding tert-OH is 3. The molecule has 0 aromatic carbocycles. The molecule has 0 bridgehead atoms. The van der Waals surface area contributed by atoms with Gasteiger partial charge in [-0.2, -0.15) is 0 Å². The minimum absolute atomic E-state index is 0.149. The van der Waals surface area contributed by atoms with Crippen molar-refractivity contribution in [2.24, 2.45) is 0 Å². The van der Waals surface area contributed by atoms with E-state index in [0.717, 1.165) is 44.9 Å². The predicted octanol–water partition coefficient (Wildman–Crippen LogP) is 14.6. The number of amides is 1. The van der Waals surface area contributed by atoms with Crippen molar-refractivity contribution in [1.82, 2.24) is 5.32 Å². The Morgan fingerprint density at radius 2 is 0.782 bits per heavy atom. The van der Waals surface area contributed by atoms with Crippen LogP contribution in [0.2, 0.25) is 0 Å². The first-order valence-corrected chi connectivity index (χ1v) is 24.6. The van der Waals surface area contributed by atoms with Crippen molar-refractivity contribution in [2.75, 3.05) is 6.61 Å². The van der Waals surface area contributed by atoms with E-state index in [2.05, 4.69) is 43.5 Å². The van der Waals surface area contributed by atoms with Gasteiger partial charge in [-0.3, -0.25) is 4.79 Å². The molecule has 0 aromatic rings. The van der Waals surface area contributed by atoms with Crippen LogP contribution in [0.4, 0.5) is 0 Å². The van der Waals surface area contributed by atoms with Gasteiger partial charge in [-0.15, -0.1) is 0 Å². The molecule has 0 fully saturated rings. The molecule has 5 nitrogen and oxygen atoms in total. The molecule has 0 saturated carbocycles. The van der Waals surface area contributed by atoms with E-state index >= 15 is 0 Å². The summed E-state index contributed by atoms with van der Waals surface area (Å²) in [5.74, 6) is -0.149. The van der Waals surface area contributed by atoms with Crippen LogP contribution in [0.5, 0.6) is 0 Å². The lowest BCUT2D eigenvalue weighted by atomic mass is 9.99. The third kappa shape index (κ3) is 40.8. The molecule has 0 heterocycles. The van der Waals surface area contributed by atoms with Crippen molar-refractivity contribution in [2.45, 2.75) is 283 Å². The third-order valence-electron chi connectivity index (χ3n) is 11.6. The van der Waals surface area contributed by atoms with Gasteiger partial charge in [0.15, 0.2) is 0 Å². The van der Waals surface area contributed by atoms with E-state index in [1.165, 1.54) is 193 Å². The van der Waals surface area contributed by atoms with Crippen LogP contribution in [0, 0.1) is 0 Å². The van der Waals surface area contributed by atoms with Crippen LogP contribution in [-0.2, 0) is 4.79 Å². The highest BCUT2D eigenvalue weighted by molar-refractivity contribution is 5.76. The molecule has 4 N–H and O–H groups in total. The fourth-order valence-corrected chi connectivity index (χ4v) is 7.72. The summed E-state index contributed by atoms with van der Waals surface area (Å²) >= 11 is 0. The Kier molecular flexibility index (Phi) is 44.6. The Labute approximate surface area is 343 Å². The maximum absolute atomic E-state index is 12.5. The standard InChI is InChI=1S/C50H97NO4/c1-3-5-7-9-11-13-15-17-19-21-23-24-25-26-27-29-31-33-35-37-39-41-43-45-49(54)51-47(46-52)50(55)48(53)44-42-40-38-36-34-32-30-28-22-20-18-16-14-12-10-8-6-4-2/h23-24,26-27,47-48,50,52-53,55H,3-22,25,28-46H2,1-2H3,(H,51,54)/b24-23-,27-26-. The number of aliphatic hydroxyl groups is 3. The number of nitrogens with one attached hydrogen (secondary N) is 1. The van der Waals surface area contributed by atoms with Crippen molar-refractivity contribution < 1.29 is 20.1 Å². The second-order valence-electron chi connectivity index (χ2n) is 17.0. The van der Waals surface area contributed by atoms with Crippen LogP contribution in [-0.4, -0.2) is 46.1 Å². The van der Waals surface area contributed by atoms with Crippen molar-refractivity contribution in [1.29, 1.82) is 0 Å². The lowest BCUT2D eigenvalue weighted by molar-refractivity contribution is -0.124. The van der Waals surface area contributed by atoms with Gasteiger partial charge in [0.2, 0.25) is 5.91 Å². The third-order valence-corrected chi connectivity index (χ3v) is 11.6. The van der Waals surface area contributed by atoms with E-state index < -0.39 is 18.2 Å². The summed E-state index contributed by atoms with van der Waals surface area (Å²) < 4.78 is 0. The molecule has 0 aliphatic heterocycles. The highest BCUT2D eigenvalue weighted by Gasteiger charge is 2.26. The maximum atomic E-state index is 12.5. The zero-order valence-corrected chi connectivity index (χ0v) is 37.1. The first-order chi connectivity index (χ1) is 27.1. The van der Waals surface area contributed by atoms with E-state index in [0.29, 0.717) is 12.8 Å². The van der Waals surface area contributed by atoms with Crippen molar-refractivity contribution >= 4 is 5.91 Å². The average Bonchev–Trinajstić information content (AvgIpc) is 3.19. The van der Waals surface area contributed by atoms with Gasteiger partial charge in [-0.05, 0) is 44.9 Å². The van der Waals surface area contributed by atoms with E-state index in [4.69, 9.17) is 0 Å². The Bertz CT molecular complexity index is 814. The van der Waals surface area contributed by atoms with Crippen molar-refractivity contribution in [3.63, 3.8) is 0 Å².